The number of fused-ring (bicyclic) bond motifs is 1. The summed E-state index contributed by atoms with van der Waals surface area (Å²) in [5.41, 5.74) is 6.23. The third-order valence-corrected chi connectivity index (χ3v) is 11.4. The molecule has 2 fully saturated rings. The van der Waals surface area contributed by atoms with Crippen LogP contribution in [0, 0.1) is 5.82 Å². The van der Waals surface area contributed by atoms with Gasteiger partial charge in [0.1, 0.15) is 23.1 Å². The van der Waals surface area contributed by atoms with Crippen LogP contribution in [0.25, 0.3) is 11.3 Å². The fourth-order valence-electron chi connectivity index (χ4n) is 8.09. The monoisotopic (exact) mass is 822 g/mol. The molecule has 3 aromatic heterocycles. The van der Waals surface area contributed by atoms with Gasteiger partial charge >= 0.3 is 0 Å². The van der Waals surface area contributed by atoms with Gasteiger partial charge in [-0.25, -0.2) is 19.3 Å². The van der Waals surface area contributed by atoms with Gasteiger partial charge in [0.2, 0.25) is 11.9 Å². The first kappa shape index (κ1) is 39.6. The van der Waals surface area contributed by atoms with Gasteiger partial charge < -0.3 is 38.7 Å². The number of pyridine rings is 1. The summed E-state index contributed by atoms with van der Waals surface area (Å²) < 4.78 is 32.7. The number of piperazine rings is 1. The molecule has 0 N–H and O–H groups in total. The van der Waals surface area contributed by atoms with Crippen molar-refractivity contribution in [2.24, 2.45) is 0 Å². The van der Waals surface area contributed by atoms with Crippen molar-refractivity contribution in [3.63, 3.8) is 0 Å². The molecule has 0 saturated carbocycles. The minimum Gasteiger partial charge on any atom is -0.497 e. The number of aromatic nitrogens is 5. The molecule has 312 valence electrons. The summed E-state index contributed by atoms with van der Waals surface area (Å²) in [6.07, 6.45) is 7.73. The third-order valence-electron chi connectivity index (χ3n) is 11.4. The van der Waals surface area contributed by atoms with Crippen LogP contribution >= 0.6 is 0 Å². The Bertz CT molecular complexity index is 2400. The van der Waals surface area contributed by atoms with E-state index in [1.54, 1.807) is 43.6 Å². The molecule has 3 aromatic carbocycles. The second-order valence-electron chi connectivity index (χ2n) is 15.2. The highest BCUT2D eigenvalue weighted by molar-refractivity contribution is 5.95. The number of morpholine rings is 1. The van der Waals surface area contributed by atoms with Crippen LogP contribution in [0.3, 0.4) is 0 Å². The van der Waals surface area contributed by atoms with Crippen molar-refractivity contribution in [2.45, 2.75) is 19.5 Å². The van der Waals surface area contributed by atoms with Gasteiger partial charge in [-0.2, -0.15) is 4.98 Å². The Hall–Kier alpha value is -6.87. The Labute approximate surface area is 354 Å². The van der Waals surface area contributed by atoms with E-state index in [-0.39, 0.29) is 5.91 Å². The minimum atomic E-state index is -0.483. The molecule has 3 aliphatic heterocycles. The smallest absolute Gasteiger partial charge is 0.254 e. The summed E-state index contributed by atoms with van der Waals surface area (Å²) in [4.78, 5) is 47.8. The lowest BCUT2D eigenvalue weighted by molar-refractivity contribution is 0.0746. The molecule has 1 amide bonds. The number of carbonyl (C=O) groups excluding carboxylic acids is 1. The lowest BCUT2D eigenvalue weighted by atomic mass is 10.1. The van der Waals surface area contributed by atoms with Crippen LogP contribution in [-0.4, -0.2) is 109 Å². The number of methoxy groups -OCH3 is 2. The van der Waals surface area contributed by atoms with Crippen molar-refractivity contribution in [1.82, 2.24) is 29.8 Å². The van der Waals surface area contributed by atoms with Gasteiger partial charge in [-0.1, -0.05) is 24.3 Å². The maximum atomic E-state index is 16.3. The number of halogens is 1. The molecule has 61 heavy (non-hydrogen) atoms. The quantitative estimate of drug-likeness (QED) is 0.140. The second kappa shape index (κ2) is 17.8. The highest BCUT2D eigenvalue weighted by Gasteiger charge is 2.32. The molecule has 0 bridgehead atoms. The molecule has 9 rings (SSSR count). The number of amides is 1. The van der Waals surface area contributed by atoms with Crippen molar-refractivity contribution in [1.29, 1.82) is 0 Å². The number of rotatable bonds is 12. The summed E-state index contributed by atoms with van der Waals surface area (Å²) in [5, 5.41) is 0. The SMILES string of the molecule is COc1ccc(CN(Cc2ccc(OC)cc2)c2ncc(-c3nc(N4CCOCC4)nc4c3CCN4c3ccc(C(=O)N4CCN(c5ccncc5)CC4)cc3F)cn2)cc1. The summed E-state index contributed by atoms with van der Waals surface area (Å²) in [7, 11) is 3.31. The Kier molecular flexibility index (Phi) is 11.5. The number of anilines is 5. The maximum absolute atomic E-state index is 16.3. The van der Waals surface area contributed by atoms with Gasteiger partial charge in [0.05, 0.1) is 38.8 Å². The van der Waals surface area contributed by atoms with Crippen LogP contribution in [0.4, 0.5) is 33.5 Å². The summed E-state index contributed by atoms with van der Waals surface area (Å²) >= 11 is 0. The first-order valence-electron chi connectivity index (χ1n) is 20.5. The van der Waals surface area contributed by atoms with Gasteiger partial charge in [-0.15, -0.1) is 0 Å². The molecule has 0 spiro atoms. The highest BCUT2D eigenvalue weighted by atomic mass is 19.1. The summed E-state index contributed by atoms with van der Waals surface area (Å²) in [5.74, 6) is 2.63. The lowest BCUT2D eigenvalue weighted by Gasteiger charge is -2.36. The Morgan fingerprint density at radius 3 is 2.00 bits per heavy atom. The van der Waals surface area contributed by atoms with Gasteiger partial charge in [0.25, 0.3) is 5.91 Å². The first-order chi connectivity index (χ1) is 29.9. The molecule has 0 aliphatic carbocycles. The number of hydrogen-bond donors (Lipinski definition) is 0. The number of carbonyl (C=O) groups is 1. The molecule has 14 nitrogen and oxygen atoms in total. The van der Waals surface area contributed by atoms with Crippen molar-refractivity contribution < 1.29 is 23.4 Å². The van der Waals surface area contributed by atoms with E-state index in [1.165, 1.54) is 6.07 Å². The molecule has 15 heteroatoms. The van der Waals surface area contributed by atoms with Crippen LogP contribution in [0.1, 0.15) is 27.0 Å². The molecular formula is C46H47FN10O4. The van der Waals surface area contributed by atoms with Crippen molar-refractivity contribution in [2.75, 3.05) is 92.8 Å². The van der Waals surface area contributed by atoms with E-state index in [1.807, 2.05) is 78.0 Å². The van der Waals surface area contributed by atoms with Gasteiger partial charge in [0, 0.05) is 106 Å². The second-order valence-corrected chi connectivity index (χ2v) is 15.2. The molecule has 3 aliphatic rings. The van der Waals surface area contributed by atoms with Crippen LogP contribution < -0.4 is 29.1 Å². The number of hydrogen-bond acceptors (Lipinski definition) is 13. The molecule has 0 atom stereocenters. The number of benzene rings is 3. The third kappa shape index (κ3) is 8.59. The normalized spacial score (nSPS) is 15.1. The Morgan fingerprint density at radius 1 is 0.754 bits per heavy atom. The molecule has 2 saturated heterocycles. The van der Waals surface area contributed by atoms with E-state index in [9.17, 15) is 4.79 Å². The Morgan fingerprint density at radius 2 is 1.39 bits per heavy atom. The van der Waals surface area contributed by atoms with E-state index in [4.69, 9.17) is 34.1 Å². The molecule has 6 aromatic rings. The molecule has 0 unspecified atom stereocenters. The fourth-order valence-corrected chi connectivity index (χ4v) is 8.09. The zero-order valence-electron chi connectivity index (χ0n) is 34.3. The minimum absolute atomic E-state index is 0.184. The average molecular weight is 823 g/mol. The number of nitrogens with zero attached hydrogens (tertiary/aromatic N) is 10. The largest absolute Gasteiger partial charge is 0.497 e. The number of ether oxygens (including phenoxy) is 3. The highest BCUT2D eigenvalue weighted by Crippen LogP contribution is 2.40. The van der Waals surface area contributed by atoms with Crippen LogP contribution in [-0.2, 0) is 24.2 Å². The van der Waals surface area contributed by atoms with E-state index < -0.39 is 5.82 Å². The molecule has 0 radical (unpaired) electrons. The Balaban J connectivity index is 0.988. The van der Waals surface area contributed by atoms with E-state index in [0.29, 0.717) is 113 Å². The predicted molar refractivity (Wildman–Crippen MR) is 231 cm³/mol. The van der Waals surface area contributed by atoms with E-state index in [0.717, 1.165) is 39.4 Å². The lowest BCUT2D eigenvalue weighted by Crippen LogP contribution is -2.48. The van der Waals surface area contributed by atoms with Gasteiger partial charge in [0.15, 0.2) is 0 Å². The van der Waals surface area contributed by atoms with Gasteiger partial charge in [-0.3, -0.25) is 9.78 Å². The zero-order chi connectivity index (χ0) is 41.7. The van der Waals surface area contributed by atoms with E-state index in [2.05, 4.69) is 19.7 Å². The maximum Gasteiger partial charge on any atom is 0.254 e. The predicted octanol–water partition coefficient (Wildman–Crippen LogP) is 6.18. The van der Waals surface area contributed by atoms with Gasteiger partial charge in [-0.05, 0) is 72.1 Å². The fraction of sp³-hybridized carbons (Fsp3) is 0.304. The first-order valence-corrected chi connectivity index (χ1v) is 20.5. The van der Waals surface area contributed by atoms with Crippen LogP contribution in [0.15, 0.2) is 104 Å². The van der Waals surface area contributed by atoms with Crippen LogP contribution in [0.5, 0.6) is 11.5 Å². The topological polar surface area (TPSA) is 125 Å². The standard InChI is InChI=1S/C46H47FN10O4/c1-59-37-8-3-32(4-9-37)30-56(31-33-5-10-38(60-2)11-6-33)45-49-28-35(29-50-45)42-39-15-18-57(43(39)52-46(51-42)55-23-25-61-26-24-55)41-12-7-34(27-40(41)47)44(58)54-21-19-53(20-22-54)36-13-16-48-17-14-36/h3-14,16-17,27-29H,15,18-26,30-31H2,1-2H3. The van der Waals surface area contributed by atoms with Crippen molar-refractivity contribution in [3.05, 3.63) is 132 Å². The summed E-state index contributed by atoms with van der Waals surface area (Å²) in [6, 6.07) is 24.6. The molecular weight excluding hydrogens is 776 g/mol. The summed E-state index contributed by atoms with van der Waals surface area (Å²) in [6.45, 7) is 6.44. The van der Waals surface area contributed by atoms with Crippen LogP contribution in [0.2, 0.25) is 0 Å². The van der Waals surface area contributed by atoms with E-state index >= 15 is 4.39 Å². The average Bonchev–Trinajstić information content (AvgIpc) is 3.75. The van der Waals surface area contributed by atoms with Crippen molar-refractivity contribution in [3.8, 4) is 22.8 Å². The van der Waals surface area contributed by atoms with Crippen molar-refractivity contribution >= 4 is 35.0 Å². The zero-order valence-corrected chi connectivity index (χ0v) is 34.3. The molecule has 6 heterocycles.